The van der Waals surface area contributed by atoms with Gasteiger partial charge in [-0.25, -0.2) is 4.79 Å². The molecule has 0 aliphatic carbocycles. The number of aryl methyl sites for hydroxylation is 1. The number of carbonyl (C=O) groups excluding carboxylic acids is 4. The summed E-state index contributed by atoms with van der Waals surface area (Å²) in [6, 6.07) is 13.6. The fraction of sp³-hybridized carbons (Fsp3) is 0.259. The second-order valence-electron chi connectivity index (χ2n) is 8.16. The van der Waals surface area contributed by atoms with Crippen LogP contribution >= 0.6 is 11.3 Å². The van der Waals surface area contributed by atoms with E-state index in [9.17, 15) is 19.2 Å². The van der Waals surface area contributed by atoms with Crippen molar-refractivity contribution < 1.29 is 33.4 Å². The van der Waals surface area contributed by atoms with Crippen LogP contribution in [0.5, 0.6) is 11.5 Å². The van der Waals surface area contributed by atoms with Gasteiger partial charge < -0.3 is 19.5 Å². The number of ether oxygens (including phenoxy) is 3. The first-order valence-electron chi connectivity index (χ1n) is 11.6. The Bertz CT molecular complexity index is 1330. The predicted molar refractivity (Wildman–Crippen MR) is 137 cm³/mol. The SMILES string of the molecule is CCOC(=O)c1cc(CN2C(=O)c3ccccc3C2=O)sc1NC(=O)CCc1ccc(OC)c(OC)c1. The van der Waals surface area contributed by atoms with E-state index < -0.39 is 17.8 Å². The van der Waals surface area contributed by atoms with Crippen molar-refractivity contribution in [2.45, 2.75) is 26.3 Å². The summed E-state index contributed by atoms with van der Waals surface area (Å²) in [5, 5.41) is 3.10. The van der Waals surface area contributed by atoms with E-state index in [1.54, 1.807) is 57.5 Å². The van der Waals surface area contributed by atoms with Crippen molar-refractivity contribution in [1.29, 1.82) is 0 Å². The van der Waals surface area contributed by atoms with Gasteiger partial charge in [-0.05, 0) is 49.2 Å². The number of hydrogen-bond donors (Lipinski definition) is 1. The fourth-order valence-electron chi connectivity index (χ4n) is 4.00. The lowest BCUT2D eigenvalue weighted by molar-refractivity contribution is -0.116. The van der Waals surface area contributed by atoms with Gasteiger partial charge in [0.25, 0.3) is 11.8 Å². The molecule has 0 bridgehead atoms. The normalized spacial score (nSPS) is 12.4. The zero-order chi connectivity index (χ0) is 26.5. The third-order valence-corrected chi connectivity index (χ3v) is 6.85. The summed E-state index contributed by atoms with van der Waals surface area (Å²) in [7, 11) is 3.09. The average molecular weight is 523 g/mol. The van der Waals surface area contributed by atoms with Crippen molar-refractivity contribution in [3.8, 4) is 11.5 Å². The zero-order valence-electron chi connectivity index (χ0n) is 20.7. The summed E-state index contributed by atoms with van der Waals surface area (Å²) in [6.45, 7) is 1.82. The molecule has 2 aromatic carbocycles. The first kappa shape index (κ1) is 25.9. The molecule has 0 atom stereocenters. The second kappa shape index (κ2) is 11.3. The summed E-state index contributed by atoms with van der Waals surface area (Å²) in [6.07, 6.45) is 0.595. The lowest BCUT2D eigenvalue weighted by Crippen LogP contribution is -2.28. The molecule has 4 rings (SSSR count). The van der Waals surface area contributed by atoms with Crippen molar-refractivity contribution in [3.05, 3.63) is 75.7 Å². The molecule has 1 N–H and O–H groups in total. The van der Waals surface area contributed by atoms with E-state index >= 15 is 0 Å². The molecule has 0 saturated heterocycles. The molecule has 0 spiro atoms. The van der Waals surface area contributed by atoms with Crippen LogP contribution in [0.25, 0.3) is 0 Å². The summed E-state index contributed by atoms with van der Waals surface area (Å²) in [5.74, 6) is -0.517. The highest BCUT2D eigenvalue weighted by atomic mass is 32.1. The zero-order valence-corrected chi connectivity index (χ0v) is 21.5. The molecule has 1 aromatic heterocycles. The van der Waals surface area contributed by atoms with Gasteiger partial charge in [-0.15, -0.1) is 11.3 Å². The maximum absolute atomic E-state index is 12.8. The van der Waals surface area contributed by atoms with E-state index in [2.05, 4.69) is 5.32 Å². The molecule has 10 heteroatoms. The number of thiophene rings is 1. The third kappa shape index (κ3) is 5.49. The molecule has 192 valence electrons. The summed E-state index contributed by atoms with van der Waals surface area (Å²) in [4.78, 5) is 52.6. The molecular weight excluding hydrogens is 496 g/mol. The Kier molecular flexibility index (Phi) is 7.88. The minimum absolute atomic E-state index is 0.0229. The van der Waals surface area contributed by atoms with Gasteiger partial charge >= 0.3 is 5.97 Å². The van der Waals surface area contributed by atoms with Crippen molar-refractivity contribution in [2.75, 3.05) is 26.1 Å². The number of anilines is 1. The van der Waals surface area contributed by atoms with Crippen LogP contribution in [0.15, 0.2) is 48.5 Å². The van der Waals surface area contributed by atoms with Gasteiger partial charge in [-0.2, -0.15) is 0 Å². The lowest BCUT2D eigenvalue weighted by atomic mass is 10.1. The number of nitrogens with zero attached hydrogens (tertiary/aromatic N) is 1. The van der Waals surface area contributed by atoms with Gasteiger partial charge in [-0.1, -0.05) is 18.2 Å². The largest absolute Gasteiger partial charge is 0.493 e. The Morgan fingerprint density at radius 1 is 0.946 bits per heavy atom. The Labute approximate surface area is 217 Å². The number of fused-ring (bicyclic) bond motifs is 1. The molecule has 2 heterocycles. The van der Waals surface area contributed by atoms with Gasteiger partial charge in [0, 0.05) is 11.3 Å². The maximum atomic E-state index is 12.8. The summed E-state index contributed by atoms with van der Waals surface area (Å²) < 4.78 is 15.7. The highest BCUT2D eigenvalue weighted by Gasteiger charge is 2.35. The molecule has 0 unspecified atom stereocenters. The van der Waals surface area contributed by atoms with Crippen LogP contribution in [0.4, 0.5) is 5.00 Å². The number of esters is 1. The van der Waals surface area contributed by atoms with E-state index in [4.69, 9.17) is 14.2 Å². The van der Waals surface area contributed by atoms with Crippen LogP contribution < -0.4 is 14.8 Å². The van der Waals surface area contributed by atoms with Gasteiger partial charge in [0.2, 0.25) is 5.91 Å². The number of hydrogen-bond acceptors (Lipinski definition) is 8. The van der Waals surface area contributed by atoms with E-state index in [0.29, 0.717) is 38.9 Å². The molecule has 37 heavy (non-hydrogen) atoms. The highest BCUT2D eigenvalue weighted by molar-refractivity contribution is 7.16. The second-order valence-corrected chi connectivity index (χ2v) is 9.29. The monoisotopic (exact) mass is 522 g/mol. The lowest BCUT2D eigenvalue weighted by Gasteiger charge is -2.12. The van der Waals surface area contributed by atoms with Gasteiger partial charge in [0.1, 0.15) is 5.00 Å². The van der Waals surface area contributed by atoms with E-state index in [1.165, 1.54) is 0 Å². The molecule has 3 aromatic rings. The Balaban J connectivity index is 1.48. The minimum atomic E-state index is -0.595. The number of nitrogens with one attached hydrogen (secondary N) is 1. The molecule has 9 nitrogen and oxygen atoms in total. The minimum Gasteiger partial charge on any atom is -0.493 e. The number of methoxy groups -OCH3 is 2. The van der Waals surface area contributed by atoms with E-state index in [1.807, 2.05) is 12.1 Å². The van der Waals surface area contributed by atoms with Crippen LogP contribution in [-0.2, 0) is 22.5 Å². The van der Waals surface area contributed by atoms with Crippen LogP contribution in [0, 0.1) is 0 Å². The summed E-state index contributed by atoms with van der Waals surface area (Å²) in [5.41, 5.74) is 1.76. The van der Waals surface area contributed by atoms with Crippen molar-refractivity contribution in [3.63, 3.8) is 0 Å². The van der Waals surface area contributed by atoms with Crippen molar-refractivity contribution >= 4 is 40.0 Å². The van der Waals surface area contributed by atoms with Gasteiger partial charge in [0.15, 0.2) is 11.5 Å². The smallest absolute Gasteiger partial charge is 0.341 e. The Morgan fingerprint density at radius 3 is 2.24 bits per heavy atom. The molecule has 1 aliphatic rings. The molecular formula is C27H26N2O7S. The Hall–Kier alpha value is -4.18. The van der Waals surface area contributed by atoms with Crippen LogP contribution in [-0.4, -0.2) is 49.4 Å². The predicted octanol–water partition coefficient (Wildman–Crippen LogP) is 4.31. The summed E-state index contributed by atoms with van der Waals surface area (Å²) >= 11 is 1.13. The number of amides is 3. The number of imide groups is 1. The van der Waals surface area contributed by atoms with Gasteiger partial charge in [0.05, 0.1) is 44.1 Å². The van der Waals surface area contributed by atoms with E-state index in [0.717, 1.165) is 21.8 Å². The van der Waals surface area contributed by atoms with Crippen molar-refractivity contribution in [1.82, 2.24) is 4.90 Å². The van der Waals surface area contributed by atoms with Crippen LogP contribution in [0.2, 0.25) is 0 Å². The molecule has 0 radical (unpaired) electrons. The Morgan fingerprint density at radius 2 is 1.62 bits per heavy atom. The number of carbonyl (C=O) groups is 4. The molecule has 3 amide bonds. The number of benzene rings is 2. The van der Waals surface area contributed by atoms with Crippen LogP contribution in [0.1, 0.15) is 54.9 Å². The maximum Gasteiger partial charge on any atom is 0.341 e. The average Bonchev–Trinajstić information content (AvgIpc) is 3.41. The first-order valence-corrected chi connectivity index (χ1v) is 12.4. The van der Waals surface area contributed by atoms with Gasteiger partial charge in [-0.3, -0.25) is 19.3 Å². The fourth-order valence-corrected chi connectivity index (χ4v) is 5.04. The highest BCUT2D eigenvalue weighted by Crippen LogP contribution is 2.33. The topological polar surface area (TPSA) is 111 Å². The van der Waals surface area contributed by atoms with Crippen LogP contribution in [0.3, 0.4) is 0 Å². The molecule has 1 aliphatic heterocycles. The van der Waals surface area contributed by atoms with E-state index in [-0.39, 0.29) is 31.0 Å². The third-order valence-electron chi connectivity index (χ3n) is 5.81. The molecule has 0 saturated carbocycles. The quantitative estimate of drug-likeness (QED) is 0.312. The van der Waals surface area contributed by atoms with Crippen molar-refractivity contribution in [2.24, 2.45) is 0 Å². The number of rotatable bonds is 10. The standard InChI is InChI=1S/C27H26N2O7S/c1-4-36-27(33)20-14-17(15-29-25(31)18-7-5-6-8-19(18)26(29)32)37-24(20)28-23(30)12-10-16-9-11-21(34-2)22(13-16)35-3/h5-9,11,13-14H,4,10,12,15H2,1-3H3,(H,28,30). The molecule has 0 fully saturated rings. The first-order chi connectivity index (χ1) is 17.9.